The van der Waals surface area contributed by atoms with Crippen molar-refractivity contribution in [2.24, 2.45) is 5.92 Å². The van der Waals surface area contributed by atoms with Crippen molar-refractivity contribution in [2.45, 2.75) is 13.3 Å². The van der Waals surface area contributed by atoms with Gasteiger partial charge in [0.05, 0.1) is 11.4 Å². The minimum Gasteiger partial charge on any atom is -0.481 e. The van der Waals surface area contributed by atoms with Crippen molar-refractivity contribution >= 4 is 16.9 Å². The first kappa shape index (κ1) is 15.2. The topological polar surface area (TPSA) is 50.2 Å². The Morgan fingerprint density at radius 1 is 1.17 bits per heavy atom. The van der Waals surface area contributed by atoms with Gasteiger partial charge in [-0.25, -0.2) is 4.39 Å². The van der Waals surface area contributed by atoms with Gasteiger partial charge in [0.1, 0.15) is 5.82 Å². The SMILES string of the molecule is CC(Cc1ccc2cc(-c3cccc(F)c3)cnc2c1)C(=O)O. The molecule has 4 heteroatoms. The van der Waals surface area contributed by atoms with Gasteiger partial charge in [0.25, 0.3) is 0 Å². The molecular weight excluding hydrogens is 293 g/mol. The summed E-state index contributed by atoms with van der Waals surface area (Å²) >= 11 is 0. The molecule has 2 aromatic carbocycles. The lowest BCUT2D eigenvalue weighted by atomic mass is 9.99. The van der Waals surface area contributed by atoms with Gasteiger partial charge in [-0.2, -0.15) is 0 Å². The van der Waals surface area contributed by atoms with E-state index in [1.165, 1.54) is 12.1 Å². The van der Waals surface area contributed by atoms with Crippen LogP contribution in [-0.2, 0) is 11.2 Å². The van der Waals surface area contributed by atoms with Gasteiger partial charge in [0, 0.05) is 17.1 Å². The van der Waals surface area contributed by atoms with E-state index in [1.807, 2.05) is 30.3 Å². The van der Waals surface area contributed by atoms with Crippen LogP contribution in [0.5, 0.6) is 0 Å². The molecule has 0 spiro atoms. The molecule has 23 heavy (non-hydrogen) atoms. The van der Waals surface area contributed by atoms with Crippen molar-refractivity contribution in [1.29, 1.82) is 0 Å². The van der Waals surface area contributed by atoms with E-state index in [4.69, 9.17) is 5.11 Å². The highest BCUT2D eigenvalue weighted by Crippen LogP contribution is 2.24. The van der Waals surface area contributed by atoms with E-state index in [1.54, 1.807) is 19.2 Å². The molecule has 0 bridgehead atoms. The summed E-state index contributed by atoms with van der Waals surface area (Å²) in [4.78, 5) is 15.4. The maximum absolute atomic E-state index is 13.3. The van der Waals surface area contributed by atoms with Crippen molar-refractivity contribution in [3.05, 3.63) is 66.1 Å². The van der Waals surface area contributed by atoms with Crippen molar-refractivity contribution in [2.75, 3.05) is 0 Å². The van der Waals surface area contributed by atoms with Gasteiger partial charge in [0.15, 0.2) is 0 Å². The second-order valence-electron chi connectivity index (χ2n) is 5.70. The van der Waals surface area contributed by atoms with Crippen LogP contribution in [0, 0.1) is 11.7 Å². The van der Waals surface area contributed by atoms with Crippen LogP contribution in [0.2, 0.25) is 0 Å². The highest BCUT2D eigenvalue weighted by molar-refractivity contribution is 5.84. The molecule has 0 saturated heterocycles. The number of pyridine rings is 1. The zero-order valence-corrected chi connectivity index (χ0v) is 12.7. The Labute approximate surface area is 133 Å². The van der Waals surface area contributed by atoms with E-state index in [-0.39, 0.29) is 5.82 Å². The van der Waals surface area contributed by atoms with Crippen LogP contribution in [-0.4, -0.2) is 16.1 Å². The molecule has 116 valence electrons. The highest BCUT2D eigenvalue weighted by atomic mass is 19.1. The number of benzene rings is 2. The van der Waals surface area contributed by atoms with Crippen LogP contribution in [0.1, 0.15) is 12.5 Å². The molecule has 0 fully saturated rings. The number of hydrogen-bond acceptors (Lipinski definition) is 2. The first-order chi connectivity index (χ1) is 11.0. The lowest BCUT2D eigenvalue weighted by Crippen LogP contribution is -2.12. The fourth-order valence-electron chi connectivity index (χ4n) is 2.56. The summed E-state index contributed by atoms with van der Waals surface area (Å²) in [6.07, 6.45) is 2.18. The fraction of sp³-hybridized carbons (Fsp3) is 0.158. The van der Waals surface area contributed by atoms with Crippen molar-refractivity contribution in [3.63, 3.8) is 0 Å². The van der Waals surface area contributed by atoms with Gasteiger partial charge in [-0.1, -0.05) is 31.2 Å². The van der Waals surface area contributed by atoms with Gasteiger partial charge in [-0.3, -0.25) is 9.78 Å². The summed E-state index contributed by atoms with van der Waals surface area (Å²) < 4.78 is 13.3. The lowest BCUT2D eigenvalue weighted by molar-refractivity contribution is -0.141. The number of carboxylic acid groups (broad SMARTS) is 1. The Balaban J connectivity index is 1.94. The Bertz CT molecular complexity index is 876. The predicted octanol–water partition coefficient (Wildman–Crippen LogP) is 4.30. The van der Waals surface area contributed by atoms with Crippen LogP contribution >= 0.6 is 0 Å². The third kappa shape index (κ3) is 3.37. The lowest BCUT2D eigenvalue weighted by Gasteiger charge is -2.08. The van der Waals surface area contributed by atoms with E-state index < -0.39 is 11.9 Å². The second kappa shape index (κ2) is 6.16. The maximum Gasteiger partial charge on any atom is 0.306 e. The number of nitrogens with zero attached hydrogens (tertiary/aromatic N) is 1. The molecule has 1 atom stereocenters. The van der Waals surface area contributed by atoms with Crippen LogP contribution in [0.4, 0.5) is 4.39 Å². The van der Waals surface area contributed by atoms with E-state index in [9.17, 15) is 9.18 Å². The van der Waals surface area contributed by atoms with Gasteiger partial charge in [0.2, 0.25) is 0 Å². The second-order valence-corrected chi connectivity index (χ2v) is 5.70. The van der Waals surface area contributed by atoms with Crippen LogP contribution < -0.4 is 0 Å². The molecule has 1 N–H and O–H groups in total. The van der Waals surface area contributed by atoms with E-state index >= 15 is 0 Å². The van der Waals surface area contributed by atoms with E-state index in [0.29, 0.717) is 6.42 Å². The molecule has 3 rings (SSSR count). The minimum absolute atomic E-state index is 0.277. The number of carbonyl (C=O) groups is 1. The summed E-state index contributed by atoms with van der Waals surface area (Å²) in [6, 6.07) is 14.1. The minimum atomic E-state index is -0.806. The Hall–Kier alpha value is -2.75. The third-order valence-electron chi connectivity index (χ3n) is 3.87. The molecule has 0 saturated carbocycles. The quantitative estimate of drug-likeness (QED) is 0.781. The highest BCUT2D eigenvalue weighted by Gasteiger charge is 2.12. The van der Waals surface area contributed by atoms with Crippen LogP contribution in [0.25, 0.3) is 22.0 Å². The molecule has 3 nitrogen and oxygen atoms in total. The molecule has 0 aliphatic heterocycles. The average molecular weight is 309 g/mol. The molecule has 0 aliphatic carbocycles. The molecule has 3 aromatic rings. The monoisotopic (exact) mass is 309 g/mol. The third-order valence-corrected chi connectivity index (χ3v) is 3.87. The summed E-state index contributed by atoms with van der Waals surface area (Å²) in [5.74, 6) is -1.51. The molecule has 0 radical (unpaired) electrons. The molecule has 1 heterocycles. The van der Waals surface area contributed by atoms with Gasteiger partial charge in [-0.15, -0.1) is 0 Å². The number of carboxylic acids is 1. The standard InChI is InChI=1S/C19H16FNO2/c1-12(19(22)23)7-13-5-6-15-9-16(11-21-18(15)8-13)14-3-2-4-17(20)10-14/h2-6,8-12H,7H2,1H3,(H,22,23). The Morgan fingerprint density at radius 3 is 2.74 bits per heavy atom. The first-order valence-electron chi connectivity index (χ1n) is 7.40. The largest absolute Gasteiger partial charge is 0.481 e. The van der Waals surface area contributed by atoms with Crippen LogP contribution in [0.3, 0.4) is 0 Å². The summed E-state index contributed by atoms with van der Waals surface area (Å²) in [5, 5.41) is 9.94. The van der Waals surface area contributed by atoms with Gasteiger partial charge >= 0.3 is 5.97 Å². The normalized spacial score (nSPS) is 12.3. The molecule has 0 aliphatic rings. The summed E-state index contributed by atoms with van der Waals surface area (Å²) in [5.41, 5.74) is 3.38. The maximum atomic E-state index is 13.3. The fourth-order valence-corrected chi connectivity index (χ4v) is 2.56. The van der Waals surface area contributed by atoms with E-state index in [0.717, 1.165) is 27.6 Å². The molecular formula is C19H16FNO2. The Kier molecular flexibility index (Phi) is 4.06. The molecule has 1 aromatic heterocycles. The van der Waals surface area contributed by atoms with Gasteiger partial charge < -0.3 is 5.11 Å². The van der Waals surface area contributed by atoms with Gasteiger partial charge in [-0.05, 0) is 41.8 Å². The van der Waals surface area contributed by atoms with Crippen molar-refractivity contribution in [1.82, 2.24) is 4.98 Å². The van der Waals surface area contributed by atoms with Crippen molar-refractivity contribution in [3.8, 4) is 11.1 Å². The number of aromatic nitrogens is 1. The summed E-state index contributed by atoms with van der Waals surface area (Å²) in [6.45, 7) is 1.69. The average Bonchev–Trinajstić information content (AvgIpc) is 2.54. The Morgan fingerprint density at radius 2 is 2.00 bits per heavy atom. The van der Waals surface area contributed by atoms with Crippen molar-refractivity contribution < 1.29 is 14.3 Å². The smallest absolute Gasteiger partial charge is 0.306 e. The molecule has 1 unspecified atom stereocenters. The number of fused-ring (bicyclic) bond motifs is 1. The van der Waals surface area contributed by atoms with Crippen LogP contribution in [0.15, 0.2) is 54.7 Å². The first-order valence-corrected chi connectivity index (χ1v) is 7.40. The van der Waals surface area contributed by atoms with E-state index in [2.05, 4.69) is 4.98 Å². The zero-order chi connectivity index (χ0) is 16.4. The number of rotatable bonds is 4. The number of hydrogen-bond donors (Lipinski definition) is 1. The number of halogens is 1. The zero-order valence-electron chi connectivity index (χ0n) is 12.7. The predicted molar refractivity (Wildman–Crippen MR) is 87.6 cm³/mol. The summed E-state index contributed by atoms with van der Waals surface area (Å²) in [7, 11) is 0. The number of aliphatic carboxylic acids is 1. The molecule has 0 amide bonds.